The van der Waals surface area contributed by atoms with Crippen LogP contribution in [-0.4, -0.2) is 49.2 Å². The van der Waals surface area contributed by atoms with Crippen molar-refractivity contribution in [2.24, 2.45) is 16.5 Å². The van der Waals surface area contributed by atoms with Gasteiger partial charge in [0.2, 0.25) is 0 Å². The number of hydrogen-bond donors (Lipinski definition) is 2. The van der Waals surface area contributed by atoms with Crippen LogP contribution in [0.2, 0.25) is 0 Å². The zero-order chi connectivity index (χ0) is 22.1. The molecule has 1 saturated heterocycles. The number of hydrogen-bond acceptors (Lipinski definition) is 8. The summed E-state index contributed by atoms with van der Waals surface area (Å²) in [5, 5.41) is 0. The minimum absolute atomic E-state index is 0.287. The van der Waals surface area contributed by atoms with E-state index in [1.54, 1.807) is 18.1 Å². The summed E-state index contributed by atoms with van der Waals surface area (Å²) >= 11 is 1.54. The zero-order valence-electron chi connectivity index (χ0n) is 17.7. The molecule has 0 bridgehead atoms. The van der Waals surface area contributed by atoms with Crippen molar-refractivity contribution in [1.82, 2.24) is 4.90 Å². The summed E-state index contributed by atoms with van der Waals surface area (Å²) in [5.74, 6) is 3.47. The summed E-state index contributed by atoms with van der Waals surface area (Å²) in [6.45, 7) is 4.47. The Kier molecular flexibility index (Phi) is 5.91. The molecule has 0 radical (unpaired) electrons. The molecule has 7 nitrogen and oxygen atoms in total. The maximum Gasteiger partial charge on any atom is 0.150 e. The van der Waals surface area contributed by atoms with Crippen LogP contribution in [0.5, 0.6) is 0 Å². The summed E-state index contributed by atoms with van der Waals surface area (Å²) in [7, 11) is 0. The Bertz CT molecular complexity index is 1090. The van der Waals surface area contributed by atoms with Crippen LogP contribution in [0.3, 0.4) is 0 Å². The first-order chi connectivity index (χ1) is 15.6. The molecule has 4 N–H and O–H groups in total. The molecule has 3 aliphatic rings. The predicted molar refractivity (Wildman–Crippen MR) is 131 cm³/mol. The van der Waals surface area contributed by atoms with Crippen molar-refractivity contribution in [1.29, 1.82) is 0 Å². The number of benzene rings is 2. The second-order valence-corrected chi connectivity index (χ2v) is 9.07. The lowest BCUT2D eigenvalue weighted by Gasteiger charge is -2.31. The van der Waals surface area contributed by atoms with E-state index in [0.717, 1.165) is 60.5 Å². The highest BCUT2D eigenvalue weighted by atomic mass is 32.2. The lowest BCUT2D eigenvalue weighted by molar-refractivity contribution is 0.0342. The van der Waals surface area contributed by atoms with Gasteiger partial charge in [0.05, 0.1) is 24.5 Å². The summed E-state index contributed by atoms with van der Waals surface area (Å²) in [6, 6.07) is 16.3. The fourth-order valence-electron chi connectivity index (χ4n) is 4.15. The van der Waals surface area contributed by atoms with E-state index in [2.05, 4.69) is 35.1 Å². The predicted octanol–water partition coefficient (Wildman–Crippen LogP) is 2.30. The molecule has 1 fully saturated rings. The molecule has 0 aliphatic carbocycles. The van der Waals surface area contributed by atoms with Crippen molar-refractivity contribution in [2.75, 3.05) is 36.1 Å². The Balaban J connectivity index is 1.35. The van der Waals surface area contributed by atoms with Crippen molar-refractivity contribution in [3.8, 4) is 12.3 Å². The highest BCUT2D eigenvalue weighted by molar-refractivity contribution is 8.04. The largest absolute Gasteiger partial charge is 0.379 e. The van der Waals surface area contributed by atoms with E-state index in [4.69, 9.17) is 27.6 Å². The van der Waals surface area contributed by atoms with Crippen LogP contribution < -0.4 is 21.3 Å². The van der Waals surface area contributed by atoms with Crippen LogP contribution in [0.4, 0.5) is 11.4 Å². The van der Waals surface area contributed by atoms with Crippen molar-refractivity contribution < 1.29 is 4.74 Å². The highest BCUT2D eigenvalue weighted by Gasteiger charge is 2.38. The third-order valence-corrected chi connectivity index (χ3v) is 6.99. The van der Waals surface area contributed by atoms with Crippen molar-refractivity contribution in [2.45, 2.75) is 18.2 Å². The molecule has 2 atom stereocenters. The van der Waals surface area contributed by atoms with Gasteiger partial charge in [0, 0.05) is 36.6 Å². The number of morpholine rings is 1. The van der Waals surface area contributed by atoms with Crippen LogP contribution in [-0.2, 0) is 11.3 Å². The van der Waals surface area contributed by atoms with Crippen molar-refractivity contribution in [3.63, 3.8) is 0 Å². The number of terminal acetylenes is 1. The van der Waals surface area contributed by atoms with E-state index >= 15 is 0 Å². The van der Waals surface area contributed by atoms with Crippen LogP contribution in [0, 0.1) is 12.3 Å². The number of nitrogens with zero attached hydrogens (tertiary/aromatic N) is 4. The van der Waals surface area contributed by atoms with Gasteiger partial charge in [-0.3, -0.25) is 9.80 Å². The Labute approximate surface area is 192 Å². The van der Waals surface area contributed by atoms with Gasteiger partial charge in [0.15, 0.2) is 0 Å². The van der Waals surface area contributed by atoms with Gasteiger partial charge in [-0.1, -0.05) is 35.9 Å². The number of thioether (sulfide) groups is 1. The summed E-state index contributed by atoms with van der Waals surface area (Å²) < 4.78 is 5.44. The Morgan fingerprint density at radius 2 is 1.88 bits per heavy atom. The van der Waals surface area contributed by atoms with Gasteiger partial charge < -0.3 is 21.1 Å². The van der Waals surface area contributed by atoms with E-state index < -0.39 is 0 Å². The number of aliphatic imine (C=N–C) groups is 1. The molecule has 8 heteroatoms. The third-order valence-electron chi connectivity index (χ3n) is 5.86. The Morgan fingerprint density at radius 1 is 1.09 bits per heavy atom. The molecule has 2 unspecified atom stereocenters. The molecule has 0 spiro atoms. The molecule has 2 aromatic carbocycles. The third kappa shape index (κ3) is 4.01. The standard InChI is InChI=1S/C24H26N6OS/c1-2-17-4-3-5-20(14-17)29-16-27-23-21(22(29)25)32-24(26)30(23)19-8-6-18(7-9-19)15-28-10-12-31-13-11-28/h1,3-9,14,16,22,24H,10-13,15,25-26H2. The average Bonchev–Trinajstić information content (AvgIpc) is 3.17. The Morgan fingerprint density at radius 3 is 2.62 bits per heavy atom. The second-order valence-electron chi connectivity index (χ2n) is 7.91. The number of anilines is 2. The molecule has 5 rings (SSSR count). The SMILES string of the molecule is C#Cc1cccc(N2C=NC3=C(SC(N)N3c3ccc(CN4CCOCC4)cc3)C2N)c1. The van der Waals surface area contributed by atoms with Gasteiger partial charge in [0.25, 0.3) is 0 Å². The van der Waals surface area contributed by atoms with E-state index in [-0.39, 0.29) is 11.7 Å². The van der Waals surface area contributed by atoms with Gasteiger partial charge in [0.1, 0.15) is 17.5 Å². The van der Waals surface area contributed by atoms with Crippen LogP contribution in [0.25, 0.3) is 0 Å². The van der Waals surface area contributed by atoms with Crippen LogP contribution >= 0.6 is 11.8 Å². The van der Waals surface area contributed by atoms with E-state index in [1.165, 1.54) is 5.56 Å². The maximum absolute atomic E-state index is 6.62. The molecule has 0 amide bonds. The molecule has 3 aliphatic heterocycles. The van der Waals surface area contributed by atoms with E-state index in [9.17, 15) is 0 Å². The lowest BCUT2D eigenvalue weighted by Crippen LogP contribution is -2.44. The number of ether oxygens (including phenoxy) is 1. The number of nitrogens with two attached hydrogens (primary N) is 2. The van der Waals surface area contributed by atoms with Crippen LogP contribution in [0.1, 0.15) is 11.1 Å². The zero-order valence-corrected chi connectivity index (χ0v) is 18.5. The lowest BCUT2D eigenvalue weighted by atomic mass is 10.1. The summed E-state index contributed by atoms with van der Waals surface area (Å²) in [6.07, 6.45) is 6.94. The number of rotatable bonds is 4. The molecule has 3 heterocycles. The average molecular weight is 447 g/mol. The van der Waals surface area contributed by atoms with E-state index in [0.29, 0.717) is 0 Å². The topological polar surface area (TPSA) is 83.3 Å². The van der Waals surface area contributed by atoms with Gasteiger partial charge >= 0.3 is 0 Å². The van der Waals surface area contributed by atoms with Crippen LogP contribution in [0.15, 0.2) is 64.2 Å². The fourth-order valence-corrected chi connectivity index (χ4v) is 5.25. The minimum Gasteiger partial charge on any atom is -0.379 e. The normalized spacial score (nSPS) is 23.4. The second kappa shape index (κ2) is 8.98. The van der Waals surface area contributed by atoms with Crippen molar-refractivity contribution in [3.05, 3.63) is 70.4 Å². The quantitative estimate of drug-likeness (QED) is 0.698. The van der Waals surface area contributed by atoms with Crippen molar-refractivity contribution >= 4 is 29.5 Å². The first-order valence-corrected chi connectivity index (χ1v) is 11.5. The molecule has 0 saturated carbocycles. The first kappa shape index (κ1) is 21.1. The molecule has 2 aromatic rings. The molecular formula is C24H26N6OS. The summed E-state index contributed by atoms with van der Waals surface area (Å²) in [4.78, 5) is 12.1. The molecule has 164 valence electrons. The van der Waals surface area contributed by atoms with Gasteiger partial charge in [-0.25, -0.2) is 4.99 Å². The Hall–Kier alpha value is -2.80. The van der Waals surface area contributed by atoms with Gasteiger partial charge in [-0.05, 0) is 35.9 Å². The molecule has 32 heavy (non-hydrogen) atoms. The highest BCUT2D eigenvalue weighted by Crippen LogP contribution is 2.43. The maximum atomic E-state index is 6.62. The smallest absolute Gasteiger partial charge is 0.150 e. The van der Waals surface area contributed by atoms with Gasteiger partial charge in [-0.15, -0.1) is 6.42 Å². The van der Waals surface area contributed by atoms with E-state index in [1.807, 2.05) is 34.1 Å². The van der Waals surface area contributed by atoms with Gasteiger partial charge in [-0.2, -0.15) is 0 Å². The summed E-state index contributed by atoms with van der Waals surface area (Å²) in [5.41, 5.74) is 16.8. The monoisotopic (exact) mass is 446 g/mol. The molecular weight excluding hydrogens is 420 g/mol. The minimum atomic E-state index is -0.378. The molecule has 0 aromatic heterocycles. The fraction of sp³-hybridized carbons (Fsp3) is 0.292. The first-order valence-electron chi connectivity index (χ1n) is 10.6.